The lowest BCUT2D eigenvalue weighted by molar-refractivity contribution is -0.0597. The molecule has 0 aliphatic carbocycles. The molecule has 0 aliphatic rings. The van der Waals surface area contributed by atoms with E-state index < -0.39 is 43.4 Å². The van der Waals surface area contributed by atoms with Crippen LogP contribution in [-0.4, -0.2) is 59.9 Å². The second-order valence-electron chi connectivity index (χ2n) is 11.1. The average molecular weight is 765 g/mol. The van der Waals surface area contributed by atoms with E-state index in [2.05, 4.69) is 14.6 Å². The van der Waals surface area contributed by atoms with Gasteiger partial charge in [-0.15, -0.1) is 0 Å². The van der Waals surface area contributed by atoms with E-state index >= 15 is 0 Å². The maximum atomic E-state index is 13.7. The zero-order valence-electron chi connectivity index (χ0n) is 27.9. The van der Waals surface area contributed by atoms with Gasteiger partial charge in [-0.05, 0) is 89.8 Å². The summed E-state index contributed by atoms with van der Waals surface area (Å²) in [6.07, 6.45) is -4.59. The summed E-state index contributed by atoms with van der Waals surface area (Å²) in [5.41, 5.74) is 0.377. The number of ether oxygens (including phenoxy) is 3. The van der Waals surface area contributed by atoms with Crippen LogP contribution in [-0.2, 0) is 46.9 Å². The maximum Gasteiger partial charge on any atom is 0.437 e. The minimum atomic E-state index is -5.01. The number of hydrogen-bond donors (Lipinski definition) is 1. The number of oxime groups is 2. The summed E-state index contributed by atoms with van der Waals surface area (Å²) >= 11 is 0. The SMILES string of the molecule is COc1ccc(CS(=O)(=O)O/N=C(/c2ccc(OCCCOc3ccc(/C(C)=N/OS(=O)(=O)Cc4ccc(CO)cc4)cc3)cc2)C(F)(F)F)cc1. The second kappa shape index (κ2) is 17.9. The number of benzene rings is 4. The smallest absolute Gasteiger partial charge is 0.437 e. The van der Waals surface area contributed by atoms with Crippen LogP contribution in [0.4, 0.5) is 13.2 Å². The molecule has 0 atom stereocenters. The normalized spacial score (nSPS) is 12.7. The van der Waals surface area contributed by atoms with Crippen molar-refractivity contribution < 1.29 is 57.9 Å². The minimum Gasteiger partial charge on any atom is -0.497 e. The van der Waals surface area contributed by atoms with Crippen LogP contribution in [0.1, 0.15) is 41.2 Å². The van der Waals surface area contributed by atoms with Crippen LogP contribution in [0.25, 0.3) is 0 Å². The Bertz CT molecular complexity index is 2040. The van der Waals surface area contributed by atoms with Crippen molar-refractivity contribution in [2.75, 3.05) is 20.3 Å². The van der Waals surface area contributed by atoms with Gasteiger partial charge in [0, 0.05) is 12.0 Å². The molecule has 0 fully saturated rings. The molecule has 0 aliphatic heterocycles. The van der Waals surface area contributed by atoms with Gasteiger partial charge in [0.25, 0.3) is 0 Å². The summed E-state index contributed by atoms with van der Waals surface area (Å²) in [5.74, 6) is 0.180. The molecular weight excluding hydrogens is 730 g/mol. The molecule has 0 bridgehead atoms. The molecule has 0 amide bonds. The maximum absolute atomic E-state index is 13.7. The Morgan fingerprint density at radius 1 is 0.635 bits per heavy atom. The van der Waals surface area contributed by atoms with Crippen molar-refractivity contribution in [1.29, 1.82) is 0 Å². The fourth-order valence-corrected chi connectivity index (χ4v) is 6.11. The van der Waals surface area contributed by atoms with E-state index in [0.717, 1.165) is 12.1 Å². The third-order valence-corrected chi connectivity index (χ3v) is 9.05. The minimum absolute atomic E-state index is 0.149. The van der Waals surface area contributed by atoms with E-state index in [1.54, 1.807) is 55.5 Å². The highest BCUT2D eigenvalue weighted by molar-refractivity contribution is 7.86. The van der Waals surface area contributed by atoms with Crippen molar-refractivity contribution in [2.24, 2.45) is 10.3 Å². The van der Waals surface area contributed by atoms with Crippen molar-refractivity contribution in [3.63, 3.8) is 0 Å². The molecule has 0 radical (unpaired) electrons. The summed E-state index contributed by atoms with van der Waals surface area (Å²) in [6, 6.07) is 23.7. The molecule has 4 aromatic carbocycles. The van der Waals surface area contributed by atoms with Gasteiger partial charge in [0.05, 0.1) is 32.6 Å². The van der Waals surface area contributed by atoms with Crippen LogP contribution >= 0.6 is 0 Å². The molecule has 4 aromatic rings. The van der Waals surface area contributed by atoms with Gasteiger partial charge in [0.2, 0.25) is 0 Å². The Morgan fingerprint density at radius 3 is 1.52 bits per heavy atom. The zero-order valence-corrected chi connectivity index (χ0v) is 29.6. The monoisotopic (exact) mass is 764 g/mol. The Hall–Kier alpha value is -5.13. The largest absolute Gasteiger partial charge is 0.497 e. The molecule has 4 rings (SSSR count). The molecule has 0 heterocycles. The van der Waals surface area contributed by atoms with E-state index in [4.69, 9.17) is 23.6 Å². The fraction of sp³-hybridized carbons (Fsp3) is 0.257. The number of rotatable bonds is 18. The van der Waals surface area contributed by atoms with Crippen LogP contribution in [0, 0.1) is 0 Å². The first-order valence-electron chi connectivity index (χ1n) is 15.5. The molecule has 278 valence electrons. The molecule has 52 heavy (non-hydrogen) atoms. The lowest BCUT2D eigenvalue weighted by Gasteiger charge is -2.12. The Morgan fingerprint density at radius 2 is 1.06 bits per heavy atom. The summed E-state index contributed by atoms with van der Waals surface area (Å²) in [6.45, 7) is 1.86. The third-order valence-electron chi connectivity index (χ3n) is 7.08. The second-order valence-corrected chi connectivity index (χ2v) is 14.2. The van der Waals surface area contributed by atoms with Crippen LogP contribution < -0.4 is 14.2 Å². The van der Waals surface area contributed by atoms with E-state index in [-0.39, 0.29) is 36.9 Å². The third kappa shape index (κ3) is 12.6. The molecule has 0 unspecified atom stereocenters. The van der Waals surface area contributed by atoms with Crippen molar-refractivity contribution in [3.8, 4) is 17.2 Å². The first-order chi connectivity index (χ1) is 24.7. The standard InChI is InChI=1S/C35H35F3N2O10S2/c1-25(39-49-51(42,43)23-27-6-4-26(22-41)5-7-27)29-10-16-32(17-11-29)47-20-3-21-48-33-18-12-30(13-19-33)34(35(36,37)38)40-50-52(44,45)24-28-8-14-31(46-2)15-9-28/h4-19,41H,3,20-24H2,1-2H3/b39-25+,40-34-. The lowest BCUT2D eigenvalue weighted by atomic mass is 10.1. The number of alkyl halides is 3. The summed E-state index contributed by atoms with van der Waals surface area (Å²) in [4.78, 5) is 0. The van der Waals surface area contributed by atoms with Gasteiger partial charge in [0.15, 0.2) is 5.71 Å². The first kappa shape index (κ1) is 39.7. The Balaban J connectivity index is 1.22. The van der Waals surface area contributed by atoms with Gasteiger partial charge in [-0.25, -0.2) is 0 Å². The highest BCUT2D eigenvalue weighted by atomic mass is 32.2. The van der Waals surface area contributed by atoms with Crippen LogP contribution in [0.15, 0.2) is 107 Å². The summed E-state index contributed by atoms with van der Waals surface area (Å²) in [7, 11) is -7.05. The van der Waals surface area contributed by atoms with Crippen LogP contribution in [0.3, 0.4) is 0 Å². The van der Waals surface area contributed by atoms with Crippen molar-refractivity contribution in [2.45, 2.75) is 37.6 Å². The molecule has 12 nitrogen and oxygen atoms in total. The van der Waals surface area contributed by atoms with E-state index in [1.165, 1.54) is 43.5 Å². The number of hydrogen-bond acceptors (Lipinski definition) is 12. The van der Waals surface area contributed by atoms with Gasteiger partial charge in [-0.1, -0.05) is 46.7 Å². The molecule has 0 saturated heterocycles. The molecule has 0 saturated carbocycles. The van der Waals surface area contributed by atoms with Crippen LogP contribution in [0.2, 0.25) is 0 Å². The first-order valence-corrected chi connectivity index (χ1v) is 18.6. The van der Waals surface area contributed by atoms with Crippen LogP contribution in [0.5, 0.6) is 17.2 Å². The number of aliphatic hydroxyl groups excluding tert-OH is 1. The van der Waals surface area contributed by atoms with Crippen molar-refractivity contribution >= 4 is 31.7 Å². The highest BCUT2D eigenvalue weighted by Crippen LogP contribution is 2.25. The molecule has 1 N–H and O–H groups in total. The average Bonchev–Trinajstić information content (AvgIpc) is 3.11. The zero-order chi connectivity index (χ0) is 37.8. The quantitative estimate of drug-likeness (QED) is 0.0711. The predicted octanol–water partition coefficient (Wildman–Crippen LogP) is 6.12. The number of nitrogens with zero attached hydrogens (tertiary/aromatic N) is 2. The van der Waals surface area contributed by atoms with Crippen molar-refractivity contribution in [1.82, 2.24) is 0 Å². The molecule has 0 spiro atoms. The molecule has 17 heteroatoms. The number of halogens is 3. The lowest BCUT2D eigenvalue weighted by Crippen LogP contribution is -2.25. The number of methoxy groups -OCH3 is 1. The Kier molecular flexibility index (Phi) is 13.6. The summed E-state index contributed by atoms with van der Waals surface area (Å²) in [5, 5.41) is 15.8. The van der Waals surface area contributed by atoms with Gasteiger partial charge in [-0.3, -0.25) is 8.57 Å². The van der Waals surface area contributed by atoms with E-state index in [0.29, 0.717) is 40.3 Å². The summed E-state index contributed by atoms with van der Waals surface area (Å²) < 4.78 is 116. The molecular formula is C35H35F3N2O10S2. The van der Waals surface area contributed by atoms with E-state index in [1.807, 2.05) is 0 Å². The number of aliphatic hydroxyl groups is 1. The predicted molar refractivity (Wildman–Crippen MR) is 186 cm³/mol. The highest BCUT2D eigenvalue weighted by Gasteiger charge is 2.38. The fourth-order valence-electron chi connectivity index (χ4n) is 4.39. The van der Waals surface area contributed by atoms with Crippen molar-refractivity contribution in [3.05, 3.63) is 125 Å². The topological polar surface area (TPSA) is 159 Å². The van der Waals surface area contributed by atoms with Gasteiger partial charge >= 0.3 is 26.4 Å². The van der Waals surface area contributed by atoms with Gasteiger partial charge in [0.1, 0.15) is 28.8 Å². The Labute approximate surface area is 299 Å². The molecule has 0 aromatic heterocycles. The van der Waals surface area contributed by atoms with Gasteiger partial charge < -0.3 is 19.3 Å². The van der Waals surface area contributed by atoms with E-state index in [9.17, 15) is 30.0 Å². The van der Waals surface area contributed by atoms with Gasteiger partial charge in [-0.2, -0.15) is 30.0 Å².